The lowest BCUT2D eigenvalue weighted by Gasteiger charge is -2.15. The van der Waals surface area contributed by atoms with Crippen LogP contribution in [0.4, 0.5) is 22.7 Å². The van der Waals surface area contributed by atoms with Crippen molar-refractivity contribution in [1.29, 1.82) is 0 Å². The summed E-state index contributed by atoms with van der Waals surface area (Å²) >= 11 is 0. The summed E-state index contributed by atoms with van der Waals surface area (Å²) in [5.41, 5.74) is 4.94. The van der Waals surface area contributed by atoms with Crippen molar-refractivity contribution < 1.29 is 9.47 Å². The molecule has 4 aliphatic rings. The summed E-state index contributed by atoms with van der Waals surface area (Å²) in [5, 5.41) is 23.2. The molecule has 0 radical (unpaired) electrons. The van der Waals surface area contributed by atoms with Gasteiger partial charge < -0.3 is 9.47 Å². The first-order chi connectivity index (χ1) is 20.8. The molecule has 6 heteroatoms. The van der Waals surface area contributed by atoms with Gasteiger partial charge in [0.2, 0.25) is 0 Å². The number of benzene rings is 6. The van der Waals surface area contributed by atoms with E-state index in [4.69, 9.17) is 19.7 Å². The van der Waals surface area contributed by atoms with Crippen LogP contribution < -0.4 is 9.47 Å². The van der Waals surface area contributed by atoms with Crippen LogP contribution in [0.3, 0.4) is 0 Å². The van der Waals surface area contributed by atoms with Crippen molar-refractivity contribution >= 4 is 44.3 Å². The van der Waals surface area contributed by atoms with E-state index in [1.807, 2.05) is 72.8 Å². The minimum atomic E-state index is 0.622. The first-order valence-corrected chi connectivity index (χ1v) is 14.1. The first-order valence-electron chi connectivity index (χ1n) is 14.1. The summed E-state index contributed by atoms with van der Waals surface area (Å²) in [7, 11) is 0. The van der Waals surface area contributed by atoms with E-state index in [9.17, 15) is 0 Å². The SMILES string of the molecule is c1ccc2c3c(ccc2c1)N=Nc1ccc(cc1)OCCCCOc1ccc(cc1)N=Nc1ccc2ccccc2c1-3. The summed E-state index contributed by atoms with van der Waals surface area (Å²) in [4.78, 5) is 0. The van der Waals surface area contributed by atoms with Gasteiger partial charge in [-0.05, 0) is 95.1 Å². The molecule has 6 aromatic rings. The van der Waals surface area contributed by atoms with E-state index < -0.39 is 0 Å². The highest BCUT2D eigenvalue weighted by Gasteiger charge is 2.17. The van der Waals surface area contributed by atoms with Gasteiger partial charge in [0, 0.05) is 11.1 Å². The Morgan fingerprint density at radius 2 is 0.833 bits per heavy atom. The molecular weight excluding hydrogens is 520 g/mol. The van der Waals surface area contributed by atoms with Gasteiger partial charge >= 0.3 is 0 Å². The van der Waals surface area contributed by atoms with Crippen molar-refractivity contribution in [3.63, 3.8) is 0 Å². The molecule has 0 saturated carbocycles. The van der Waals surface area contributed by atoms with E-state index in [2.05, 4.69) is 58.8 Å². The van der Waals surface area contributed by atoms with Gasteiger partial charge in [-0.1, -0.05) is 60.7 Å². The quantitative estimate of drug-likeness (QED) is 0.189. The lowest BCUT2D eigenvalue weighted by Crippen LogP contribution is -2.02. The van der Waals surface area contributed by atoms with Crippen LogP contribution in [0, 0.1) is 0 Å². The number of ether oxygens (including phenoxy) is 2. The molecule has 0 unspecified atom stereocenters. The third kappa shape index (κ3) is 5.34. The molecule has 6 aromatic carbocycles. The van der Waals surface area contributed by atoms with E-state index in [-0.39, 0.29) is 0 Å². The van der Waals surface area contributed by atoms with Gasteiger partial charge in [0.1, 0.15) is 11.5 Å². The second-order valence-corrected chi connectivity index (χ2v) is 10.2. The molecule has 42 heavy (non-hydrogen) atoms. The van der Waals surface area contributed by atoms with Crippen molar-refractivity contribution in [1.82, 2.24) is 0 Å². The van der Waals surface area contributed by atoms with Gasteiger partial charge in [0.05, 0.1) is 36.0 Å². The van der Waals surface area contributed by atoms with Crippen LogP contribution in [0.15, 0.2) is 142 Å². The van der Waals surface area contributed by atoms with E-state index in [1.54, 1.807) is 0 Å². The molecule has 0 aliphatic carbocycles. The lowest BCUT2D eigenvalue weighted by atomic mass is 9.91. The highest BCUT2D eigenvalue weighted by atomic mass is 16.5. The Hall–Kier alpha value is -5.36. The van der Waals surface area contributed by atoms with Crippen molar-refractivity contribution in [2.75, 3.05) is 13.2 Å². The van der Waals surface area contributed by atoms with E-state index in [1.165, 1.54) is 0 Å². The lowest BCUT2D eigenvalue weighted by molar-refractivity contribution is 0.266. The maximum Gasteiger partial charge on any atom is 0.119 e. The van der Waals surface area contributed by atoms with Gasteiger partial charge in [-0.3, -0.25) is 0 Å². The maximum atomic E-state index is 5.93. The average molecular weight is 549 g/mol. The van der Waals surface area contributed by atoms with E-state index in [0.717, 1.165) is 79.8 Å². The van der Waals surface area contributed by atoms with Crippen LogP contribution in [-0.2, 0) is 0 Å². The molecule has 0 N–H and O–H groups in total. The normalized spacial score (nSPS) is 13.5. The second kappa shape index (κ2) is 11.6. The minimum Gasteiger partial charge on any atom is -0.494 e. The third-order valence-corrected chi connectivity index (χ3v) is 7.36. The Balaban J connectivity index is 1.44. The highest BCUT2D eigenvalue weighted by Crippen LogP contribution is 2.46. The van der Waals surface area contributed by atoms with Crippen LogP contribution in [0.2, 0.25) is 0 Å². The molecular formula is C36H28N4O2. The van der Waals surface area contributed by atoms with Gasteiger partial charge in [-0.15, -0.1) is 10.2 Å². The van der Waals surface area contributed by atoms with Crippen molar-refractivity contribution in [3.8, 4) is 22.6 Å². The monoisotopic (exact) mass is 548 g/mol. The van der Waals surface area contributed by atoms with Crippen molar-refractivity contribution in [2.24, 2.45) is 20.5 Å². The molecule has 4 heterocycles. The topological polar surface area (TPSA) is 67.9 Å². The molecule has 0 saturated heterocycles. The van der Waals surface area contributed by atoms with Crippen molar-refractivity contribution in [3.05, 3.63) is 121 Å². The largest absolute Gasteiger partial charge is 0.494 e. The fraction of sp³-hybridized carbons (Fsp3) is 0.111. The standard InChI is InChI=1S/C36H28N4O2/c1-3-9-31-25(7-1)11-21-33-35(31)36-32-10-4-2-8-26(32)12-22-34(36)40-38-28-15-19-30(20-16-28)42-24-6-5-23-41-29-17-13-27(14-18-29)37-39-33/h1-4,7-22H,5-6,23-24H2. The Morgan fingerprint density at radius 3 is 1.29 bits per heavy atom. The molecule has 4 aliphatic heterocycles. The number of azo groups is 2. The number of fused-ring (bicyclic) bond motifs is 2. The van der Waals surface area contributed by atoms with Gasteiger partial charge in [-0.25, -0.2) is 0 Å². The summed E-state index contributed by atoms with van der Waals surface area (Å²) in [5.74, 6) is 1.62. The molecule has 0 spiro atoms. The van der Waals surface area contributed by atoms with Crippen LogP contribution in [0.25, 0.3) is 32.7 Å². The summed E-state index contributed by atoms with van der Waals surface area (Å²) < 4.78 is 11.9. The molecule has 4 bridgehead atoms. The maximum absolute atomic E-state index is 5.93. The van der Waals surface area contributed by atoms with Gasteiger partial charge in [0.25, 0.3) is 0 Å². The number of hydrogen-bond acceptors (Lipinski definition) is 6. The average Bonchev–Trinajstić information content (AvgIpc) is 3.04. The summed E-state index contributed by atoms with van der Waals surface area (Å²) in [6.07, 6.45) is 1.79. The molecule has 0 aromatic heterocycles. The fourth-order valence-electron chi connectivity index (χ4n) is 5.24. The van der Waals surface area contributed by atoms with Crippen LogP contribution in [-0.4, -0.2) is 13.2 Å². The Morgan fingerprint density at radius 1 is 0.405 bits per heavy atom. The van der Waals surface area contributed by atoms with E-state index in [0.29, 0.717) is 13.2 Å². The molecule has 204 valence electrons. The van der Waals surface area contributed by atoms with Crippen LogP contribution in [0.5, 0.6) is 11.5 Å². The molecule has 0 fully saturated rings. The minimum absolute atomic E-state index is 0.622. The number of rotatable bonds is 0. The number of hydrogen-bond donors (Lipinski definition) is 0. The Kier molecular flexibility index (Phi) is 7.09. The fourth-order valence-corrected chi connectivity index (χ4v) is 5.24. The third-order valence-electron chi connectivity index (χ3n) is 7.36. The van der Waals surface area contributed by atoms with Gasteiger partial charge in [-0.2, -0.15) is 10.2 Å². The van der Waals surface area contributed by atoms with Gasteiger partial charge in [0.15, 0.2) is 0 Å². The zero-order chi connectivity index (χ0) is 28.1. The Labute approximate surface area is 244 Å². The second-order valence-electron chi connectivity index (χ2n) is 10.2. The van der Waals surface area contributed by atoms with E-state index >= 15 is 0 Å². The molecule has 6 nitrogen and oxygen atoms in total. The summed E-state index contributed by atoms with van der Waals surface area (Å²) in [6, 6.07) is 40.3. The zero-order valence-electron chi connectivity index (χ0n) is 23.0. The van der Waals surface area contributed by atoms with Crippen LogP contribution >= 0.6 is 0 Å². The summed E-state index contributed by atoms with van der Waals surface area (Å²) in [6.45, 7) is 1.24. The Bertz CT molecular complexity index is 1790. The van der Waals surface area contributed by atoms with Crippen LogP contribution in [0.1, 0.15) is 12.8 Å². The highest BCUT2D eigenvalue weighted by molar-refractivity contribution is 6.12. The number of nitrogens with zero attached hydrogens (tertiary/aromatic N) is 4. The molecule has 0 amide bonds. The predicted octanol–water partition coefficient (Wildman–Crippen LogP) is 11.0. The molecule has 10 rings (SSSR count). The zero-order valence-corrected chi connectivity index (χ0v) is 23.0. The predicted molar refractivity (Wildman–Crippen MR) is 168 cm³/mol. The van der Waals surface area contributed by atoms with Crippen molar-refractivity contribution in [2.45, 2.75) is 12.8 Å². The first kappa shape index (κ1) is 25.6. The smallest absolute Gasteiger partial charge is 0.119 e. The molecule has 0 atom stereocenters.